The first-order valence-corrected chi connectivity index (χ1v) is 7.38. The van der Waals surface area contributed by atoms with Crippen LogP contribution >= 0.6 is 0 Å². The van der Waals surface area contributed by atoms with Crippen LogP contribution in [0.3, 0.4) is 0 Å². The second-order valence-corrected chi connectivity index (χ2v) is 5.12. The average Bonchev–Trinajstić information content (AvgIpc) is 2.77. The third-order valence-electron chi connectivity index (χ3n) is 3.33. The number of likely N-dealkylation sites (N-methyl/N-ethyl adjacent to an activating group) is 1. The van der Waals surface area contributed by atoms with Crippen molar-refractivity contribution in [3.63, 3.8) is 0 Å². The first-order valence-electron chi connectivity index (χ1n) is 7.38. The number of hydrogen-bond donors (Lipinski definition) is 1. The van der Waals surface area contributed by atoms with E-state index in [9.17, 15) is 0 Å². The number of ether oxygens (including phenoxy) is 2. The lowest BCUT2D eigenvalue weighted by Gasteiger charge is -2.21. The van der Waals surface area contributed by atoms with Crippen LogP contribution in [0.25, 0.3) is 0 Å². The van der Waals surface area contributed by atoms with Gasteiger partial charge in [-0.2, -0.15) is 0 Å². The summed E-state index contributed by atoms with van der Waals surface area (Å²) in [5.74, 6) is 0. The van der Waals surface area contributed by atoms with Gasteiger partial charge in [-0.25, -0.2) is 0 Å². The third-order valence-corrected chi connectivity index (χ3v) is 3.33. The molecule has 2 unspecified atom stereocenters. The Kier molecular flexibility index (Phi) is 8.59. The Labute approximate surface area is 112 Å². The molecule has 2 atom stereocenters. The molecule has 0 aromatic rings. The molecule has 0 radical (unpaired) electrons. The van der Waals surface area contributed by atoms with Crippen molar-refractivity contribution < 1.29 is 9.47 Å². The van der Waals surface area contributed by atoms with E-state index in [4.69, 9.17) is 9.47 Å². The molecular weight excluding hydrogens is 228 g/mol. The van der Waals surface area contributed by atoms with Gasteiger partial charge in [0.25, 0.3) is 0 Å². The summed E-state index contributed by atoms with van der Waals surface area (Å²) in [6, 6.07) is 0. The highest BCUT2D eigenvalue weighted by molar-refractivity contribution is 4.77. The summed E-state index contributed by atoms with van der Waals surface area (Å²) in [7, 11) is 2.14. The Bertz CT molecular complexity index is 202. The van der Waals surface area contributed by atoms with E-state index in [-0.39, 0.29) is 0 Å². The molecule has 18 heavy (non-hydrogen) atoms. The summed E-state index contributed by atoms with van der Waals surface area (Å²) < 4.78 is 11.4. The van der Waals surface area contributed by atoms with Gasteiger partial charge in [-0.1, -0.05) is 6.92 Å². The number of hydrogen-bond acceptors (Lipinski definition) is 4. The van der Waals surface area contributed by atoms with Crippen molar-refractivity contribution >= 4 is 0 Å². The molecule has 1 N–H and O–H groups in total. The van der Waals surface area contributed by atoms with Crippen molar-refractivity contribution in [3.8, 4) is 0 Å². The van der Waals surface area contributed by atoms with Gasteiger partial charge in [-0.3, -0.25) is 0 Å². The molecule has 0 aromatic carbocycles. The third kappa shape index (κ3) is 6.69. The van der Waals surface area contributed by atoms with E-state index in [1.807, 2.05) is 6.92 Å². The maximum atomic E-state index is 6.04. The van der Waals surface area contributed by atoms with Crippen molar-refractivity contribution in [2.24, 2.45) is 0 Å². The quantitative estimate of drug-likeness (QED) is 0.602. The second-order valence-electron chi connectivity index (χ2n) is 5.12. The van der Waals surface area contributed by atoms with Gasteiger partial charge in [-0.05, 0) is 39.8 Å². The Morgan fingerprint density at radius 2 is 2.06 bits per heavy atom. The minimum absolute atomic E-state index is 0.407. The summed E-state index contributed by atoms with van der Waals surface area (Å²) >= 11 is 0. The average molecular weight is 258 g/mol. The number of rotatable bonds is 10. The summed E-state index contributed by atoms with van der Waals surface area (Å²) in [5.41, 5.74) is 0. The standard InChI is InChI=1S/C14H30N2O2/c1-4-8-15-11-13-6-7-14(18-13)12-16(3)9-10-17-5-2/h13-15H,4-12H2,1-3H3. The van der Waals surface area contributed by atoms with Gasteiger partial charge in [0.2, 0.25) is 0 Å². The van der Waals surface area contributed by atoms with Crippen molar-refractivity contribution in [2.45, 2.75) is 45.3 Å². The van der Waals surface area contributed by atoms with Gasteiger partial charge in [0.05, 0.1) is 18.8 Å². The van der Waals surface area contributed by atoms with Crippen LogP contribution in [0.4, 0.5) is 0 Å². The number of nitrogens with zero attached hydrogens (tertiary/aromatic N) is 1. The minimum atomic E-state index is 0.407. The smallest absolute Gasteiger partial charge is 0.0707 e. The molecule has 108 valence electrons. The van der Waals surface area contributed by atoms with Gasteiger partial charge >= 0.3 is 0 Å². The van der Waals surface area contributed by atoms with Crippen LogP contribution in [0.5, 0.6) is 0 Å². The van der Waals surface area contributed by atoms with E-state index in [0.29, 0.717) is 12.2 Å². The predicted molar refractivity (Wildman–Crippen MR) is 75.0 cm³/mol. The second kappa shape index (κ2) is 9.73. The highest BCUT2D eigenvalue weighted by Gasteiger charge is 2.25. The Morgan fingerprint density at radius 3 is 2.78 bits per heavy atom. The summed E-state index contributed by atoms with van der Waals surface area (Å²) in [6.07, 6.45) is 4.40. The lowest BCUT2D eigenvalue weighted by Crippen LogP contribution is -2.33. The van der Waals surface area contributed by atoms with Gasteiger partial charge in [-0.15, -0.1) is 0 Å². The SMILES string of the molecule is CCCNCC1CCC(CN(C)CCOCC)O1. The highest BCUT2D eigenvalue weighted by Crippen LogP contribution is 2.19. The van der Waals surface area contributed by atoms with E-state index in [2.05, 4.69) is 24.2 Å². The molecule has 1 rings (SSSR count). The summed E-state index contributed by atoms with van der Waals surface area (Å²) in [5, 5.41) is 3.43. The minimum Gasteiger partial charge on any atom is -0.380 e. The lowest BCUT2D eigenvalue weighted by molar-refractivity contribution is 0.0226. The first kappa shape index (κ1) is 15.9. The van der Waals surface area contributed by atoms with Crippen molar-refractivity contribution in [3.05, 3.63) is 0 Å². The lowest BCUT2D eigenvalue weighted by atomic mass is 10.2. The monoisotopic (exact) mass is 258 g/mol. The molecule has 4 heteroatoms. The molecule has 0 aliphatic carbocycles. The van der Waals surface area contributed by atoms with E-state index >= 15 is 0 Å². The molecule has 0 bridgehead atoms. The highest BCUT2D eigenvalue weighted by atomic mass is 16.5. The van der Waals surface area contributed by atoms with Gasteiger partial charge in [0, 0.05) is 26.2 Å². The zero-order chi connectivity index (χ0) is 13.2. The van der Waals surface area contributed by atoms with E-state index in [0.717, 1.165) is 39.4 Å². The Morgan fingerprint density at radius 1 is 1.28 bits per heavy atom. The summed E-state index contributed by atoms with van der Waals surface area (Å²) in [4.78, 5) is 2.31. The predicted octanol–water partition coefficient (Wildman–Crippen LogP) is 1.50. The van der Waals surface area contributed by atoms with Crippen molar-refractivity contribution in [2.75, 3.05) is 46.4 Å². The molecule has 0 amide bonds. The molecule has 1 saturated heterocycles. The van der Waals surface area contributed by atoms with E-state index in [1.54, 1.807) is 0 Å². The topological polar surface area (TPSA) is 33.7 Å². The summed E-state index contributed by atoms with van der Waals surface area (Å²) in [6.45, 7) is 9.97. The fourth-order valence-electron chi connectivity index (χ4n) is 2.31. The maximum absolute atomic E-state index is 6.04. The number of nitrogens with one attached hydrogen (secondary N) is 1. The van der Waals surface area contributed by atoms with Crippen LogP contribution in [0.15, 0.2) is 0 Å². The van der Waals surface area contributed by atoms with Gasteiger partial charge in [0.1, 0.15) is 0 Å². The van der Waals surface area contributed by atoms with Crippen LogP contribution in [-0.4, -0.2) is 63.5 Å². The van der Waals surface area contributed by atoms with Crippen molar-refractivity contribution in [1.29, 1.82) is 0 Å². The molecule has 1 aliphatic heterocycles. The van der Waals surface area contributed by atoms with Gasteiger partial charge < -0.3 is 19.7 Å². The molecule has 1 aliphatic rings. The zero-order valence-corrected chi connectivity index (χ0v) is 12.3. The largest absolute Gasteiger partial charge is 0.380 e. The molecule has 0 aromatic heterocycles. The normalized spacial score (nSPS) is 24.0. The molecule has 0 saturated carbocycles. The Hall–Kier alpha value is -0.160. The van der Waals surface area contributed by atoms with E-state index < -0.39 is 0 Å². The zero-order valence-electron chi connectivity index (χ0n) is 12.3. The van der Waals surface area contributed by atoms with Crippen LogP contribution in [0.1, 0.15) is 33.1 Å². The molecular formula is C14H30N2O2. The van der Waals surface area contributed by atoms with Crippen LogP contribution in [0, 0.1) is 0 Å². The fraction of sp³-hybridized carbons (Fsp3) is 1.00. The maximum Gasteiger partial charge on any atom is 0.0707 e. The van der Waals surface area contributed by atoms with Crippen LogP contribution in [-0.2, 0) is 9.47 Å². The first-order chi connectivity index (χ1) is 8.76. The molecule has 1 heterocycles. The fourth-order valence-corrected chi connectivity index (χ4v) is 2.31. The van der Waals surface area contributed by atoms with E-state index in [1.165, 1.54) is 19.3 Å². The van der Waals surface area contributed by atoms with Crippen molar-refractivity contribution in [1.82, 2.24) is 10.2 Å². The molecule has 0 spiro atoms. The Balaban J connectivity index is 2.06. The van der Waals surface area contributed by atoms with Crippen LogP contribution in [0.2, 0.25) is 0 Å². The van der Waals surface area contributed by atoms with Crippen LogP contribution < -0.4 is 5.32 Å². The molecule has 4 nitrogen and oxygen atoms in total. The van der Waals surface area contributed by atoms with Gasteiger partial charge in [0.15, 0.2) is 0 Å². The molecule has 1 fully saturated rings.